The smallest absolute Gasteiger partial charge is 0.433 e. The van der Waals surface area contributed by atoms with Crippen molar-refractivity contribution in [3.8, 4) is 0 Å². The molecule has 5 nitrogen and oxygen atoms in total. The lowest BCUT2D eigenvalue weighted by molar-refractivity contribution is -0.145. The molecule has 1 aromatic heterocycles. The van der Waals surface area contributed by atoms with Crippen LogP contribution in [0.5, 0.6) is 0 Å². The van der Waals surface area contributed by atoms with Crippen LogP contribution in [0.4, 0.5) is 13.2 Å². The van der Waals surface area contributed by atoms with Crippen molar-refractivity contribution in [1.82, 2.24) is 15.1 Å². The maximum absolute atomic E-state index is 13.2. The molecule has 20 heavy (non-hydrogen) atoms. The fourth-order valence-electron chi connectivity index (χ4n) is 2.33. The van der Waals surface area contributed by atoms with Gasteiger partial charge in [0.2, 0.25) is 0 Å². The van der Waals surface area contributed by atoms with Crippen molar-refractivity contribution in [1.29, 1.82) is 0 Å². The molecule has 0 unspecified atom stereocenters. The van der Waals surface area contributed by atoms with E-state index in [1.165, 1.54) is 0 Å². The van der Waals surface area contributed by atoms with Crippen LogP contribution in [-0.2, 0) is 10.9 Å². The highest BCUT2D eigenvalue weighted by atomic mass is 19.4. The highest BCUT2D eigenvalue weighted by Crippen LogP contribution is 2.35. The Morgan fingerprint density at radius 1 is 1.50 bits per heavy atom. The number of halogens is 3. The number of nitrogens with zero attached hydrogens (tertiary/aromatic N) is 2. The molecule has 2 rings (SSSR count). The predicted molar refractivity (Wildman–Crippen MR) is 64.3 cm³/mol. The SMILES string of the molecule is CCOC(=O)c1cnn(C2CCNCC2)c1C(F)(F)F. The summed E-state index contributed by atoms with van der Waals surface area (Å²) in [4.78, 5) is 11.6. The summed E-state index contributed by atoms with van der Waals surface area (Å²) in [6, 6.07) is -0.351. The molecule has 0 spiro atoms. The molecule has 1 aliphatic rings. The molecule has 2 heterocycles. The standard InChI is InChI=1S/C12H16F3N3O2/c1-2-20-11(19)9-7-17-18(10(9)12(13,14)15)8-3-5-16-6-4-8/h7-8,16H,2-6H2,1H3. The number of hydrogen-bond acceptors (Lipinski definition) is 4. The normalized spacial score (nSPS) is 17.2. The average molecular weight is 291 g/mol. The average Bonchev–Trinajstić information content (AvgIpc) is 2.84. The monoisotopic (exact) mass is 291 g/mol. The molecule has 0 atom stereocenters. The van der Waals surface area contributed by atoms with Crippen molar-refractivity contribution >= 4 is 5.97 Å². The van der Waals surface area contributed by atoms with Gasteiger partial charge < -0.3 is 10.1 Å². The number of carbonyl (C=O) groups excluding carboxylic acids is 1. The number of hydrogen-bond donors (Lipinski definition) is 1. The van der Waals surface area contributed by atoms with Gasteiger partial charge in [0, 0.05) is 0 Å². The Hall–Kier alpha value is -1.57. The van der Waals surface area contributed by atoms with E-state index in [0.717, 1.165) is 10.9 Å². The third-order valence-electron chi connectivity index (χ3n) is 3.21. The lowest BCUT2D eigenvalue weighted by Gasteiger charge is -2.25. The molecular formula is C12H16F3N3O2. The van der Waals surface area contributed by atoms with Gasteiger partial charge in [0.15, 0.2) is 5.69 Å². The molecular weight excluding hydrogens is 275 g/mol. The topological polar surface area (TPSA) is 56.1 Å². The number of piperidine rings is 1. The van der Waals surface area contributed by atoms with Crippen molar-refractivity contribution in [3.63, 3.8) is 0 Å². The first-order valence-electron chi connectivity index (χ1n) is 6.47. The predicted octanol–water partition coefficient (Wildman–Crippen LogP) is 2.00. The van der Waals surface area contributed by atoms with Crippen LogP contribution in [0.15, 0.2) is 6.20 Å². The lowest BCUT2D eigenvalue weighted by atomic mass is 10.1. The van der Waals surface area contributed by atoms with E-state index in [0.29, 0.717) is 25.9 Å². The molecule has 0 aliphatic carbocycles. The summed E-state index contributed by atoms with van der Waals surface area (Å²) in [7, 11) is 0. The van der Waals surface area contributed by atoms with Gasteiger partial charge in [-0.05, 0) is 32.9 Å². The number of esters is 1. The number of carbonyl (C=O) groups is 1. The van der Waals surface area contributed by atoms with E-state index in [-0.39, 0.29) is 12.6 Å². The van der Waals surface area contributed by atoms with E-state index in [1.807, 2.05) is 0 Å². The molecule has 1 aromatic rings. The van der Waals surface area contributed by atoms with Crippen LogP contribution in [0, 0.1) is 0 Å². The fraction of sp³-hybridized carbons (Fsp3) is 0.667. The molecule has 0 saturated carbocycles. The van der Waals surface area contributed by atoms with Gasteiger partial charge in [0.1, 0.15) is 5.56 Å². The number of rotatable bonds is 3. The second-order valence-corrected chi connectivity index (χ2v) is 4.55. The molecule has 0 aromatic carbocycles. The van der Waals surface area contributed by atoms with Crippen LogP contribution in [0.25, 0.3) is 0 Å². The first kappa shape index (κ1) is 14.8. The Morgan fingerprint density at radius 2 is 2.15 bits per heavy atom. The van der Waals surface area contributed by atoms with E-state index in [9.17, 15) is 18.0 Å². The Balaban J connectivity index is 2.39. The summed E-state index contributed by atoms with van der Waals surface area (Å²) in [5.74, 6) is -0.986. The third-order valence-corrected chi connectivity index (χ3v) is 3.21. The van der Waals surface area contributed by atoms with E-state index in [1.54, 1.807) is 6.92 Å². The van der Waals surface area contributed by atoms with Crippen LogP contribution in [-0.4, -0.2) is 35.4 Å². The van der Waals surface area contributed by atoms with Gasteiger partial charge in [-0.3, -0.25) is 4.68 Å². The van der Waals surface area contributed by atoms with Gasteiger partial charge in [0.25, 0.3) is 0 Å². The maximum Gasteiger partial charge on any atom is 0.433 e. The van der Waals surface area contributed by atoms with E-state index < -0.39 is 23.4 Å². The van der Waals surface area contributed by atoms with Gasteiger partial charge in [-0.2, -0.15) is 18.3 Å². The van der Waals surface area contributed by atoms with E-state index in [2.05, 4.69) is 15.2 Å². The molecule has 1 aliphatic heterocycles. The van der Waals surface area contributed by atoms with Gasteiger partial charge in [-0.1, -0.05) is 0 Å². The maximum atomic E-state index is 13.2. The molecule has 1 N–H and O–H groups in total. The first-order chi connectivity index (χ1) is 9.45. The highest BCUT2D eigenvalue weighted by molar-refractivity contribution is 5.90. The summed E-state index contributed by atoms with van der Waals surface area (Å²) in [5, 5.41) is 6.86. The van der Waals surface area contributed by atoms with Crippen molar-refractivity contribution < 1.29 is 22.7 Å². The summed E-state index contributed by atoms with van der Waals surface area (Å²) in [6.07, 6.45) is -2.59. The quantitative estimate of drug-likeness (QED) is 0.865. The second kappa shape index (κ2) is 5.82. The lowest BCUT2D eigenvalue weighted by Crippen LogP contribution is -2.32. The minimum absolute atomic E-state index is 0.0225. The summed E-state index contributed by atoms with van der Waals surface area (Å²) in [5.41, 5.74) is -1.53. The number of nitrogens with one attached hydrogen (secondary N) is 1. The summed E-state index contributed by atoms with van der Waals surface area (Å²) >= 11 is 0. The minimum Gasteiger partial charge on any atom is -0.462 e. The third kappa shape index (κ3) is 2.95. The molecule has 112 valence electrons. The first-order valence-corrected chi connectivity index (χ1v) is 6.47. The summed E-state index contributed by atoms with van der Waals surface area (Å²) < 4.78 is 45.2. The molecule has 0 bridgehead atoms. The summed E-state index contributed by atoms with van der Waals surface area (Å²) in [6.45, 7) is 2.84. The molecule has 1 fully saturated rings. The minimum atomic E-state index is -4.64. The Labute approximate surface area is 114 Å². The zero-order valence-electron chi connectivity index (χ0n) is 11.0. The number of ether oxygens (including phenoxy) is 1. The van der Waals surface area contributed by atoms with Crippen LogP contribution < -0.4 is 5.32 Å². The number of aromatic nitrogens is 2. The van der Waals surface area contributed by atoms with Crippen molar-refractivity contribution in [2.75, 3.05) is 19.7 Å². The van der Waals surface area contributed by atoms with Gasteiger partial charge >= 0.3 is 12.1 Å². The van der Waals surface area contributed by atoms with Gasteiger partial charge in [-0.25, -0.2) is 4.79 Å². The molecule has 1 saturated heterocycles. The fourth-order valence-corrected chi connectivity index (χ4v) is 2.33. The van der Waals surface area contributed by atoms with Crippen molar-refractivity contribution in [2.24, 2.45) is 0 Å². The van der Waals surface area contributed by atoms with Gasteiger partial charge in [0.05, 0.1) is 18.8 Å². The van der Waals surface area contributed by atoms with Crippen LogP contribution in [0.3, 0.4) is 0 Å². The zero-order chi connectivity index (χ0) is 14.8. The van der Waals surface area contributed by atoms with Crippen LogP contribution >= 0.6 is 0 Å². The molecule has 0 amide bonds. The largest absolute Gasteiger partial charge is 0.462 e. The molecule has 8 heteroatoms. The molecule has 0 radical (unpaired) electrons. The number of alkyl halides is 3. The van der Waals surface area contributed by atoms with E-state index >= 15 is 0 Å². The van der Waals surface area contributed by atoms with E-state index in [4.69, 9.17) is 0 Å². The Bertz CT molecular complexity index is 479. The van der Waals surface area contributed by atoms with Crippen LogP contribution in [0.2, 0.25) is 0 Å². The van der Waals surface area contributed by atoms with Crippen LogP contribution in [0.1, 0.15) is 41.9 Å². The van der Waals surface area contributed by atoms with Crippen molar-refractivity contribution in [2.45, 2.75) is 32.0 Å². The second-order valence-electron chi connectivity index (χ2n) is 4.55. The van der Waals surface area contributed by atoms with Gasteiger partial charge in [-0.15, -0.1) is 0 Å². The Kier molecular flexibility index (Phi) is 4.32. The highest BCUT2D eigenvalue weighted by Gasteiger charge is 2.42. The van der Waals surface area contributed by atoms with Crippen molar-refractivity contribution in [3.05, 3.63) is 17.5 Å². The zero-order valence-corrected chi connectivity index (χ0v) is 11.0. The Morgan fingerprint density at radius 3 is 2.70 bits per heavy atom.